The van der Waals surface area contributed by atoms with Gasteiger partial charge >= 0.3 is 0 Å². The first-order valence-electron chi connectivity index (χ1n) is 9.06. The predicted octanol–water partition coefficient (Wildman–Crippen LogP) is 3.70. The van der Waals surface area contributed by atoms with Gasteiger partial charge in [-0.1, -0.05) is 19.3 Å². The Hall–Kier alpha value is -1.97. The Kier molecular flexibility index (Phi) is 6.69. The number of hydrogen-bond donors (Lipinski definition) is 2. The second-order valence-electron chi connectivity index (χ2n) is 6.81. The smallest absolute Gasteiger partial charge is 0.258 e. The maximum Gasteiger partial charge on any atom is 0.258 e. The van der Waals surface area contributed by atoms with Crippen molar-refractivity contribution in [1.29, 1.82) is 0 Å². The van der Waals surface area contributed by atoms with E-state index in [4.69, 9.17) is 9.88 Å². The lowest BCUT2D eigenvalue weighted by atomic mass is 9.90. The zero-order valence-electron chi connectivity index (χ0n) is 15.2. The molecule has 0 atom stereocenters. The number of nitrogens with zero attached hydrogens (tertiary/aromatic N) is 1. The summed E-state index contributed by atoms with van der Waals surface area (Å²) in [4.78, 5) is 16.8. The van der Waals surface area contributed by atoms with Crippen LogP contribution < -0.4 is 15.2 Å². The molecule has 1 aliphatic carbocycles. The van der Waals surface area contributed by atoms with Crippen molar-refractivity contribution < 1.29 is 17.9 Å². The number of nitrogens with one attached hydrogen (secondary N) is 1. The molecule has 0 spiro atoms. The molecule has 150 valence electrons. The Morgan fingerprint density at radius 3 is 2.71 bits per heavy atom. The molecule has 28 heavy (non-hydrogen) atoms. The third kappa shape index (κ3) is 5.30. The van der Waals surface area contributed by atoms with Crippen molar-refractivity contribution >= 4 is 37.7 Å². The number of ether oxygens (including phenoxy) is 1. The van der Waals surface area contributed by atoms with Gasteiger partial charge in [0.2, 0.25) is 10.0 Å². The van der Waals surface area contributed by atoms with Gasteiger partial charge in [-0.05, 0) is 65.0 Å². The summed E-state index contributed by atoms with van der Waals surface area (Å²) in [7, 11) is -3.92. The molecule has 2 aromatic rings. The highest BCUT2D eigenvalue weighted by Crippen LogP contribution is 2.28. The summed E-state index contributed by atoms with van der Waals surface area (Å²) in [5, 5.41) is 7.85. The number of carbonyl (C=O) groups excluding carboxylic acids is 1. The maximum absolute atomic E-state index is 12.7. The van der Waals surface area contributed by atoms with Gasteiger partial charge in [0, 0.05) is 10.7 Å². The number of nitrogens with two attached hydrogens (primary N) is 1. The molecule has 1 aliphatic rings. The van der Waals surface area contributed by atoms with Crippen molar-refractivity contribution in [2.24, 2.45) is 11.1 Å². The predicted molar refractivity (Wildman–Crippen MR) is 110 cm³/mol. The highest BCUT2D eigenvalue weighted by atomic mass is 79.9. The number of anilines is 1. The molecule has 0 radical (unpaired) electrons. The van der Waals surface area contributed by atoms with Gasteiger partial charge in [-0.15, -0.1) is 0 Å². The monoisotopic (exact) mass is 467 g/mol. The lowest BCUT2D eigenvalue weighted by molar-refractivity contribution is 0.102. The fourth-order valence-corrected chi connectivity index (χ4v) is 4.16. The van der Waals surface area contributed by atoms with Crippen LogP contribution in [-0.2, 0) is 10.0 Å². The number of halogens is 1. The third-order valence-corrected chi connectivity index (χ3v) is 6.32. The summed E-state index contributed by atoms with van der Waals surface area (Å²) in [5.41, 5.74) is 0.135. The first-order valence-corrected chi connectivity index (χ1v) is 11.4. The average molecular weight is 468 g/mol. The van der Waals surface area contributed by atoms with E-state index in [1.165, 1.54) is 37.5 Å². The molecular formula is C19H22BrN3O4S. The molecule has 1 fully saturated rings. The van der Waals surface area contributed by atoms with Gasteiger partial charge in [0.05, 0.1) is 17.1 Å². The molecule has 3 N–H and O–H groups in total. The second-order valence-corrected chi connectivity index (χ2v) is 9.22. The summed E-state index contributed by atoms with van der Waals surface area (Å²) in [6, 6.07) is 7.51. The van der Waals surface area contributed by atoms with Gasteiger partial charge < -0.3 is 10.1 Å². The molecule has 0 saturated heterocycles. The zero-order chi connectivity index (χ0) is 20.1. The number of hydrogen-bond acceptors (Lipinski definition) is 5. The number of benzene rings is 1. The zero-order valence-corrected chi connectivity index (χ0v) is 17.6. The van der Waals surface area contributed by atoms with Crippen molar-refractivity contribution in [3.63, 3.8) is 0 Å². The highest BCUT2D eigenvalue weighted by molar-refractivity contribution is 9.10. The topological polar surface area (TPSA) is 111 Å². The molecule has 0 unspecified atom stereocenters. The highest BCUT2D eigenvalue weighted by Gasteiger charge is 2.19. The lowest BCUT2D eigenvalue weighted by Crippen LogP contribution is -2.19. The van der Waals surface area contributed by atoms with Crippen molar-refractivity contribution in [2.75, 3.05) is 11.9 Å². The van der Waals surface area contributed by atoms with Crippen LogP contribution in [0.2, 0.25) is 0 Å². The van der Waals surface area contributed by atoms with Gasteiger partial charge in [0.25, 0.3) is 5.91 Å². The molecule has 1 aromatic heterocycles. The third-order valence-electron chi connectivity index (χ3n) is 4.71. The number of pyridine rings is 1. The van der Waals surface area contributed by atoms with E-state index in [-0.39, 0.29) is 16.3 Å². The Labute approximate surface area is 172 Å². The number of amides is 1. The van der Waals surface area contributed by atoms with E-state index < -0.39 is 15.9 Å². The Bertz CT molecular complexity index is 959. The molecule has 0 bridgehead atoms. The van der Waals surface area contributed by atoms with Gasteiger partial charge in [-0.2, -0.15) is 0 Å². The summed E-state index contributed by atoms with van der Waals surface area (Å²) >= 11 is 3.26. The normalized spacial score (nSPS) is 15.2. The molecule has 1 saturated carbocycles. The molecular weight excluding hydrogens is 446 g/mol. The van der Waals surface area contributed by atoms with E-state index in [9.17, 15) is 13.2 Å². The molecule has 0 aliphatic heterocycles. The number of sulfonamides is 1. The van der Waals surface area contributed by atoms with E-state index in [1.54, 1.807) is 18.3 Å². The maximum atomic E-state index is 12.7. The van der Waals surface area contributed by atoms with Crippen molar-refractivity contribution in [3.8, 4) is 5.75 Å². The van der Waals surface area contributed by atoms with E-state index in [0.717, 1.165) is 12.8 Å². The number of aromatic nitrogens is 1. The number of rotatable bonds is 6. The van der Waals surface area contributed by atoms with E-state index >= 15 is 0 Å². The van der Waals surface area contributed by atoms with Crippen LogP contribution in [0.1, 0.15) is 42.5 Å². The fraction of sp³-hybridized carbons (Fsp3) is 0.368. The number of carbonyl (C=O) groups is 1. The Balaban J connectivity index is 1.76. The van der Waals surface area contributed by atoms with Crippen LogP contribution >= 0.6 is 15.9 Å². The number of primary sulfonamides is 1. The fourth-order valence-electron chi connectivity index (χ4n) is 3.19. The first kappa shape index (κ1) is 20.8. The lowest BCUT2D eigenvalue weighted by Gasteiger charge is -2.22. The SMILES string of the molecule is NS(=O)(=O)c1ccc(Br)c(C(=O)Nc2ncccc2OCC2CCCCC2)c1. The summed E-state index contributed by atoms with van der Waals surface area (Å²) in [5.74, 6) is 0.771. The van der Waals surface area contributed by atoms with Crippen LogP contribution in [0.3, 0.4) is 0 Å². The standard InChI is InChI=1S/C19H22BrN3O4S/c20-16-9-8-14(28(21,25)26)11-15(16)19(24)23-18-17(7-4-10-22-18)27-12-13-5-2-1-3-6-13/h4,7-11,13H,1-3,5-6,12H2,(H2,21,25,26)(H,22,23,24). The van der Waals surface area contributed by atoms with E-state index in [1.807, 2.05) is 0 Å². The van der Waals surface area contributed by atoms with Crippen LogP contribution in [0.15, 0.2) is 45.9 Å². The van der Waals surface area contributed by atoms with Crippen molar-refractivity contribution in [2.45, 2.75) is 37.0 Å². The van der Waals surface area contributed by atoms with Gasteiger partial charge in [0.1, 0.15) is 0 Å². The minimum absolute atomic E-state index is 0.135. The molecule has 7 nitrogen and oxygen atoms in total. The summed E-state index contributed by atoms with van der Waals surface area (Å²) < 4.78 is 29.5. The van der Waals surface area contributed by atoms with Crippen LogP contribution in [-0.4, -0.2) is 25.9 Å². The summed E-state index contributed by atoms with van der Waals surface area (Å²) in [6.45, 7) is 0.583. The Morgan fingerprint density at radius 1 is 1.25 bits per heavy atom. The first-order chi connectivity index (χ1) is 13.3. The van der Waals surface area contributed by atoms with Crippen LogP contribution in [0, 0.1) is 5.92 Å². The molecule has 1 heterocycles. The summed E-state index contributed by atoms with van der Waals surface area (Å²) in [6.07, 6.45) is 7.57. The molecule has 1 aromatic carbocycles. The van der Waals surface area contributed by atoms with Crippen LogP contribution in [0.25, 0.3) is 0 Å². The van der Waals surface area contributed by atoms with Crippen LogP contribution in [0.5, 0.6) is 5.75 Å². The van der Waals surface area contributed by atoms with E-state index in [0.29, 0.717) is 22.7 Å². The van der Waals surface area contributed by atoms with E-state index in [2.05, 4.69) is 26.2 Å². The van der Waals surface area contributed by atoms with Crippen molar-refractivity contribution in [3.05, 3.63) is 46.6 Å². The van der Waals surface area contributed by atoms with Gasteiger partial charge in [-0.3, -0.25) is 4.79 Å². The quantitative estimate of drug-likeness (QED) is 0.672. The average Bonchev–Trinajstić information content (AvgIpc) is 2.67. The second kappa shape index (κ2) is 9.02. The van der Waals surface area contributed by atoms with Crippen LogP contribution in [0.4, 0.5) is 5.82 Å². The minimum Gasteiger partial charge on any atom is -0.489 e. The largest absolute Gasteiger partial charge is 0.489 e. The molecule has 3 rings (SSSR count). The molecule has 9 heteroatoms. The van der Waals surface area contributed by atoms with Crippen molar-refractivity contribution in [1.82, 2.24) is 4.98 Å². The van der Waals surface area contributed by atoms with Gasteiger partial charge in [-0.25, -0.2) is 18.5 Å². The Morgan fingerprint density at radius 2 is 2.00 bits per heavy atom. The minimum atomic E-state index is -3.92. The molecule has 1 amide bonds. The van der Waals surface area contributed by atoms with Gasteiger partial charge in [0.15, 0.2) is 11.6 Å².